The quantitative estimate of drug-likeness (QED) is 0.752. The molecule has 1 aromatic rings. The van der Waals surface area contributed by atoms with Gasteiger partial charge in [0.05, 0.1) is 0 Å². The molecule has 14 heavy (non-hydrogen) atoms. The number of H-pyrrole nitrogens is 1. The second-order valence-electron chi connectivity index (χ2n) is 3.94. The van der Waals surface area contributed by atoms with Crippen LogP contribution in [0.15, 0.2) is 0 Å². The Morgan fingerprint density at radius 2 is 2.14 bits per heavy atom. The zero-order valence-corrected chi connectivity index (χ0v) is 9.64. The fourth-order valence-corrected chi connectivity index (χ4v) is 1.38. The van der Waals surface area contributed by atoms with Crippen LogP contribution in [-0.2, 0) is 13.2 Å². The van der Waals surface area contributed by atoms with E-state index in [9.17, 15) is 0 Å². The zero-order chi connectivity index (χ0) is 10.7. The Kier molecular flexibility index (Phi) is 3.83. The molecule has 5 heteroatoms. The largest absolute Gasteiger partial charge is 0.388 e. The van der Waals surface area contributed by atoms with Crippen molar-refractivity contribution in [3.8, 4) is 0 Å². The predicted octanol–water partition coefficient (Wildman–Crippen LogP) is 1.73. The Balaban J connectivity index is 2.84. The third-order valence-electron chi connectivity index (χ3n) is 2.59. The van der Waals surface area contributed by atoms with E-state index in [-0.39, 0.29) is 6.61 Å². The monoisotopic (exact) mass is 215 g/mol. The topological polar surface area (TPSA) is 53.8 Å². The lowest BCUT2D eigenvalue weighted by Gasteiger charge is -2.16. The number of aliphatic hydroxyl groups excluding tert-OH is 1. The predicted molar refractivity (Wildman–Crippen MR) is 57.3 cm³/mol. The minimum absolute atomic E-state index is 0.0715. The lowest BCUT2D eigenvalue weighted by molar-refractivity contribution is 0.257. The second-order valence-corrected chi connectivity index (χ2v) is 4.32. The molecule has 0 saturated carbocycles. The third-order valence-corrected chi connectivity index (χ3v) is 2.90. The smallest absolute Gasteiger partial charge is 0.195 e. The van der Waals surface area contributed by atoms with Gasteiger partial charge in [-0.15, -0.1) is 0 Å². The van der Waals surface area contributed by atoms with Crippen molar-refractivity contribution in [2.75, 3.05) is 0 Å². The number of aliphatic hydroxyl groups is 1. The van der Waals surface area contributed by atoms with Crippen LogP contribution in [0, 0.1) is 16.6 Å². The van der Waals surface area contributed by atoms with Crippen LogP contribution in [0.25, 0.3) is 0 Å². The number of nitrogens with one attached hydrogen (secondary N) is 1. The molecule has 1 rings (SSSR count). The van der Waals surface area contributed by atoms with Crippen molar-refractivity contribution < 1.29 is 5.11 Å². The molecule has 1 aromatic heterocycles. The standard InChI is InChI=1S/C9H17N3OS/c1-6(2)7(3)4-12-8(5-13)10-11-9(12)14/h6-7,13H,4-5H2,1-3H3,(H,11,14). The SMILES string of the molecule is CC(C)C(C)Cn1c(CO)n[nH]c1=S. The molecule has 0 aliphatic heterocycles. The van der Waals surface area contributed by atoms with Gasteiger partial charge < -0.3 is 9.67 Å². The summed E-state index contributed by atoms with van der Waals surface area (Å²) >= 11 is 5.08. The second kappa shape index (κ2) is 4.70. The lowest BCUT2D eigenvalue weighted by atomic mass is 9.98. The van der Waals surface area contributed by atoms with Crippen molar-refractivity contribution in [1.29, 1.82) is 0 Å². The number of hydrogen-bond donors (Lipinski definition) is 2. The van der Waals surface area contributed by atoms with E-state index in [0.29, 0.717) is 22.4 Å². The molecular weight excluding hydrogens is 198 g/mol. The third kappa shape index (κ3) is 2.42. The van der Waals surface area contributed by atoms with E-state index in [1.54, 1.807) is 0 Å². The molecule has 1 unspecified atom stereocenters. The highest BCUT2D eigenvalue weighted by Gasteiger charge is 2.11. The maximum Gasteiger partial charge on any atom is 0.195 e. The molecule has 0 amide bonds. The maximum absolute atomic E-state index is 9.03. The Bertz CT molecular complexity index is 342. The summed E-state index contributed by atoms with van der Waals surface area (Å²) in [7, 11) is 0. The van der Waals surface area contributed by atoms with E-state index in [2.05, 4.69) is 31.0 Å². The van der Waals surface area contributed by atoms with E-state index in [4.69, 9.17) is 17.3 Å². The maximum atomic E-state index is 9.03. The van der Waals surface area contributed by atoms with E-state index in [0.717, 1.165) is 6.54 Å². The van der Waals surface area contributed by atoms with Crippen LogP contribution in [-0.4, -0.2) is 19.9 Å². The van der Waals surface area contributed by atoms with Gasteiger partial charge in [-0.25, -0.2) is 0 Å². The number of aromatic amines is 1. The molecule has 1 heterocycles. The molecule has 2 N–H and O–H groups in total. The highest BCUT2D eigenvalue weighted by Crippen LogP contribution is 2.13. The molecule has 4 nitrogen and oxygen atoms in total. The summed E-state index contributed by atoms with van der Waals surface area (Å²) in [5, 5.41) is 15.7. The lowest BCUT2D eigenvalue weighted by Crippen LogP contribution is -2.15. The van der Waals surface area contributed by atoms with Crippen molar-refractivity contribution in [2.24, 2.45) is 11.8 Å². The molecular formula is C9H17N3OS. The molecule has 0 fully saturated rings. The van der Waals surface area contributed by atoms with Crippen LogP contribution in [0.1, 0.15) is 26.6 Å². The van der Waals surface area contributed by atoms with Gasteiger partial charge in [0.25, 0.3) is 0 Å². The van der Waals surface area contributed by atoms with Gasteiger partial charge in [-0.3, -0.25) is 5.10 Å². The van der Waals surface area contributed by atoms with Crippen molar-refractivity contribution in [3.63, 3.8) is 0 Å². The Morgan fingerprint density at radius 1 is 1.50 bits per heavy atom. The van der Waals surface area contributed by atoms with Gasteiger partial charge in [-0.2, -0.15) is 5.10 Å². The van der Waals surface area contributed by atoms with Crippen molar-refractivity contribution >= 4 is 12.2 Å². The van der Waals surface area contributed by atoms with E-state index in [1.807, 2.05) is 4.57 Å². The molecule has 0 radical (unpaired) electrons. The zero-order valence-electron chi connectivity index (χ0n) is 8.82. The first-order valence-corrected chi connectivity index (χ1v) is 5.22. The van der Waals surface area contributed by atoms with Gasteiger partial charge in [0.1, 0.15) is 6.61 Å². The van der Waals surface area contributed by atoms with Gasteiger partial charge in [0.15, 0.2) is 10.6 Å². The summed E-state index contributed by atoms with van der Waals surface area (Å²) in [6.45, 7) is 7.25. The van der Waals surface area contributed by atoms with Gasteiger partial charge in [-0.1, -0.05) is 20.8 Å². The summed E-state index contributed by atoms with van der Waals surface area (Å²) < 4.78 is 2.45. The van der Waals surface area contributed by atoms with Crippen LogP contribution in [0.4, 0.5) is 0 Å². The van der Waals surface area contributed by atoms with Crippen molar-refractivity contribution in [3.05, 3.63) is 10.6 Å². The first kappa shape index (κ1) is 11.4. The van der Waals surface area contributed by atoms with Crippen LogP contribution >= 0.6 is 12.2 Å². The van der Waals surface area contributed by atoms with Gasteiger partial charge in [-0.05, 0) is 24.1 Å². The van der Waals surface area contributed by atoms with Gasteiger partial charge in [0, 0.05) is 6.54 Å². The summed E-state index contributed by atoms with van der Waals surface area (Å²) in [5.41, 5.74) is 0. The highest BCUT2D eigenvalue weighted by molar-refractivity contribution is 7.71. The van der Waals surface area contributed by atoms with E-state index in [1.165, 1.54) is 0 Å². The van der Waals surface area contributed by atoms with Crippen molar-refractivity contribution in [1.82, 2.24) is 14.8 Å². The number of aromatic nitrogens is 3. The van der Waals surface area contributed by atoms with Crippen LogP contribution in [0.3, 0.4) is 0 Å². The number of nitrogens with zero attached hydrogens (tertiary/aromatic N) is 2. The molecule has 0 spiro atoms. The average molecular weight is 215 g/mol. The van der Waals surface area contributed by atoms with Gasteiger partial charge in [0.2, 0.25) is 0 Å². The molecule has 0 aliphatic rings. The fourth-order valence-electron chi connectivity index (χ4n) is 1.16. The summed E-state index contributed by atoms with van der Waals surface area (Å²) in [5.74, 6) is 1.73. The summed E-state index contributed by atoms with van der Waals surface area (Å²) in [4.78, 5) is 0. The molecule has 0 aliphatic carbocycles. The number of hydrogen-bond acceptors (Lipinski definition) is 3. The Labute approximate surface area is 89.0 Å². The molecule has 80 valence electrons. The normalized spacial score (nSPS) is 13.5. The average Bonchev–Trinajstić information content (AvgIpc) is 2.47. The highest BCUT2D eigenvalue weighted by atomic mass is 32.1. The molecule has 0 aromatic carbocycles. The molecule has 1 atom stereocenters. The fraction of sp³-hybridized carbons (Fsp3) is 0.778. The van der Waals surface area contributed by atoms with Crippen molar-refractivity contribution in [2.45, 2.75) is 33.9 Å². The van der Waals surface area contributed by atoms with Gasteiger partial charge >= 0.3 is 0 Å². The van der Waals surface area contributed by atoms with Crippen LogP contribution < -0.4 is 0 Å². The molecule has 0 saturated heterocycles. The summed E-state index contributed by atoms with van der Waals surface area (Å²) in [6, 6.07) is 0. The number of rotatable bonds is 4. The van der Waals surface area contributed by atoms with E-state index < -0.39 is 0 Å². The molecule has 0 bridgehead atoms. The first-order chi connectivity index (χ1) is 6.56. The van der Waals surface area contributed by atoms with Crippen LogP contribution in [0.5, 0.6) is 0 Å². The van der Waals surface area contributed by atoms with Crippen LogP contribution in [0.2, 0.25) is 0 Å². The minimum atomic E-state index is -0.0715. The summed E-state index contributed by atoms with van der Waals surface area (Å²) in [6.07, 6.45) is 0. The minimum Gasteiger partial charge on any atom is -0.388 e. The first-order valence-electron chi connectivity index (χ1n) is 4.81. The Morgan fingerprint density at radius 3 is 2.64 bits per heavy atom. The van der Waals surface area contributed by atoms with E-state index >= 15 is 0 Å². The Hall–Kier alpha value is -0.680.